The molecule has 0 bridgehead atoms. The highest BCUT2D eigenvalue weighted by Crippen LogP contribution is 2.31. The Morgan fingerprint density at radius 3 is 2.55 bits per heavy atom. The Hall–Kier alpha value is -2.64. The van der Waals surface area contributed by atoms with E-state index in [1.165, 1.54) is 11.3 Å². The Morgan fingerprint density at radius 1 is 0.968 bits per heavy atom. The zero-order chi connectivity index (χ0) is 21.0. The summed E-state index contributed by atoms with van der Waals surface area (Å²) in [4.78, 5) is 24.4. The number of ether oxygens (including phenoxy) is 1. The largest absolute Gasteiger partial charge is 0.378 e. The quantitative estimate of drug-likeness (QED) is 0.796. The van der Waals surface area contributed by atoms with Crippen LogP contribution in [0.1, 0.15) is 12.0 Å². The van der Waals surface area contributed by atoms with E-state index in [1.807, 2.05) is 23.2 Å². The summed E-state index contributed by atoms with van der Waals surface area (Å²) in [6, 6.07) is 12.6. The summed E-state index contributed by atoms with van der Waals surface area (Å²) in [6.45, 7) is 8.03. The zero-order valence-electron chi connectivity index (χ0n) is 18.0. The summed E-state index contributed by atoms with van der Waals surface area (Å²) < 4.78 is 5.42. The number of carbonyl (C=O) groups excluding carboxylic acids is 1. The van der Waals surface area contributed by atoms with Crippen LogP contribution in [-0.2, 0) is 16.0 Å². The van der Waals surface area contributed by atoms with Gasteiger partial charge in [0.1, 0.15) is 5.82 Å². The van der Waals surface area contributed by atoms with Crippen molar-refractivity contribution in [2.45, 2.75) is 12.8 Å². The smallest absolute Gasteiger partial charge is 0.230 e. The molecule has 0 radical (unpaired) electrons. The minimum atomic E-state index is 0.0305. The zero-order valence-corrected chi connectivity index (χ0v) is 18.0. The first kappa shape index (κ1) is 20.3. The lowest BCUT2D eigenvalue weighted by Crippen LogP contribution is -2.44. The lowest BCUT2D eigenvalue weighted by Gasteiger charge is -2.31. The van der Waals surface area contributed by atoms with Crippen molar-refractivity contribution in [3.8, 4) is 0 Å². The average Bonchev–Trinajstić information content (AvgIpc) is 3.20. The molecule has 1 N–H and O–H groups in total. The fourth-order valence-electron chi connectivity index (χ4n) is 4.87. The third-order valence-electron chi connectivity index (χ3n) is 6.61. The molecule has 7 heteroatoms. The molecule has 0 spiro atoms. The molecular weight excluding hydrogens is 390 g/mol. The highest BCUT2D eigenvalue weighted by Gasteiger charge is 2.33. The minimum absolute atomic E-state index is 0.0305. The summed E-state index contributed by atoms with van der Waals surface area (Å²) in [5, 5.41) is 3.42. The fraction of sp³-hybridized carbons (Fsp3) is 0.500. The van der Waals surface area contributed by atoms with Gasteiger partial charge in [-0.1, -0.05) is 18.2 Å². The van der Waals surface area contributed by atoms with Crippen LogP contribution in [0.3, 0.4) is 0 Å². The number of piperazine rings is 1. The van der Waals surface area contributed by atoms with Gasteiger partial charge < -0.3 is 24.8 Å². The predicted molar refractivity (Wildman–Crippen MR) is 123 cm³/mol. The molecule has 2 aromatic rings. The van der Waals surface area contributed by atoms with E-state index >= 15 is 0 Å². The first-order valence-electron chi connectivity index (χ1n) is 11.4. The van der Waals surface area contributed by atoms with Crippen LogP contribution in [-0.4, -0.2) is 69.9 Å². The van der Waals surface area contributed by atoms with Crippen molar-refractivity contribution in [1.29, 1.82) is 0 Å². The molecule has 3 aliphatic rings. The molecule has 7 nitrogen and oxygen atoms in total. The first-order valence-corrected chi connectivity index (χ1v) is 11.4. The molecule has 3 aliphatic heterocycles. The highest BCUT2D eigenvalue weighted by atomic mass is 16.5. The maximum absolute atomic E-state index is 13.2. The molecule has 1 atom stereocenters. The number of nitrogens with zero attached hydrogens (tertiary/aromatic N) is 4. The molecule has 4 heterocycles. The van der Waals surface area contributed by atoms with Gasteiger partial charge in [-0.25, -0.2) is 4.98 Å². The van der Waals surface area contributed by atoms with Crippen LogP contribution in [0.2, 0.25) is 0 Å². The number of aromatic nitrogens is 1. The number of morpholine rings is 1. The second-order valence-corrected chi connectivity index (χ2v) is 8.52. The Kier molecular flexibility index (Phi) is 6.04. The lowest BCUT2D eigenvalue weighted by molar-refractivity contribution is -0.120. The number of rotatable bonds is 5. The topological polar surface area (TPSA) is 60.9 Å². The summed E-state index contributed by atoms with van der Waals surface area (Å²) in [6.07, 6.45) is 3.54. The van der Waals surface area contributed by atoms with Gasteiger partial charge in [0.2, 0.25) is 5.91 Å². The van der Waals surface area contributed by atoms with Crippen molar-refractivity contribution in [1.82, 2.24) is 10.3 Å². The number of pyridine rings is 1. The number of amides is 1. The Bertz CT molecular complexity index is 891. The minimum Gasteiger partial charge on any atom is -0.378 e. The van der Waals surface area contributed by atoms with Gasteiger partial charge in [-0.15, -0.1) is 0 Å². The molecule has 1 aromatic heterocycles. The summed E-state index contributed by atoms with van der Waals surface area (Å²) >= 11 is 0. The predicted octanol–water partition coefficient (Wildman–Crippen LogP) is 1.92. The standard InChI is InChI=1S/C24H31N5O2/c30-24-20(17-19-3-1-2-4-22(19)27-11-8-25-9-12-27)7-10-29(24)21-5-6-23(26-18-21)28-13-15-31-16-14-28/h1-6,18,20,25H,7-17H2. The number of benzene rings is 1. The maximum atomic E-state index is 13.2. The van der Waals surface area contributed by atoms with Crippen molar-refractivity contribution in [3.05, 3.63) is 48.2 Å². The van der Waals surface area contributed by atoms with E-state index in [9.17, 15) is 4.79 Å². The van der Waals surface area contributed by atoms with Crippen molar-refractivity contribution in [2.75, 3.05) is 73.7 Å². The first-order chi connectivity index (χ1) is 15.3. The van der Waals surface area contributed by atoms with Gasteiger partial charge >= 0.3 is 0 Å². The Balaban J connectivity index is 1.26. The number of anilines is 3. The van der Waals surface area contributed by atoms with Crippen LogP contribution in [0, 0.1) is 5.92 Å². The van der Waals surface area contributed by atoms with Crippen LogP contribution < -0.4 is 20.0 Å². The molecule has 3 fully saturated rings. The molecule has 1 aromatic carbocycles. The van der Waals surface area contributed by atoms with Gasteiger partial charge in [-0.2, -0.15) is 0 Å². The molecule has 1 amide bonds. The van der Waals surface area contributed by atoms with E-state index in [1.54, 1.807) is 0 Å². The van der Waals surface area contributed by atoms with E-state index < -0.39 is 0 Å². The molecule has 164 valence electrons. The fourth-order valence-corrected chi connectivity index (χ4v) is 4.87. The van der Waals surface area contributed by atoms with Gasteiger partial charge in [0.05, 0.1) is 25.1 Å². The van der Waals surface area contributed by atoms with Crippen LogP contribution >= 0.6 is 0 Å². The number of hydrogen-bond acceptors (Lipinski definition) is 6. The molecule has 31 heavy (non-hydrogen) atoms. The van der Waals surface area contributed by atoms with E-state index in [2.05, 4.69) is 44.4 Å². The normalized spacial score (nSPS) is 22.3. The van der Waals surface area contributed by atoms with Gasteiger partial charge in [0.15, 0.2) is 0 Å². The van der Waals surface area contributed by atoms with Gasteiger partial charge in [-0.05, 0) is 36.6 Å². The third-order valence-corrected chi connectivity index (χ3v) is 6.61. The summed E-state index contributed by atoms with van der Waals surface area (Å²) in [5.74, 6) is 1.21. The van der Waals surface area contributed by atoms with Crippen LogP contribution in [0.25, 0.3) is 0 Å². The monoisotopic (exact) mass is 421 g/mol. The lowest BCUT2D eigenvalue weighted by atomic mass is 9.96. The van der Waals surface area contributed by atoms with Crippen LogP contribution in [0.5, 0.6) is 0 Å². The second-order valence-electron chi connectivity index (χ2n) is 8.52. The van der Waals surface area contributed by atoms with E-state index in [0.29, 0.717) is 0 Å². The van der Waals surface area contributed by atoms with Crippen LogP contribution in [0.15, 0.2) is 42.6 Å². The molecule has 0 saturated carbocycles. The highest BCUT2D eigenvalue weighted by molar-refractivity contribution is 5.97. The third kappa shape index (κ3) is 4.38. The average molecular weight is 422 g/mol. The Morgan fingerprint density at radius 2 is 1.77 bits per heavy atom. The van der Waals surface area contributed by atoms with Crippen molar-refractivity contribution in [2.24, 2.45) is 5.92 Å². The van der Waals surface area contributed by atoms with Crippen molar-refractivity contribution >= 4 is 23.1 Å². The summed E-state index contributed by atoms with van der Waals surface area (Å²) in [5.41, 5.74) is 3.47. The van der Waals surface area contributed by atoms with E-state index in [-0.39, 0.29) is 11.8 Å². The number of para-hydroxylation sites is 1. The molecule has 5 rings (SSSR count). The van der Waals surface area contributed by atoms with Gasteiger partial charge in [-0.3, -0.25) is 4.79 Å². The SMILES string of the molecule is O=C1C(Cc2ccccc2N2CCNCC2)CCN1c1ccc(N2CCOCC2)nc1. The number of nitrogens with one attached hydrogen (secondary N) is 1. The maximum Gasteiger partial charge on any atom is 0.230 e. The van der Waals surface area contributed by atoms with Gasteiger partial charge in [0.25, 0.3) is 0 Å². The van der Waals surface area contributed by atoms with E-state index in [4.69, 9.17) is 4.74 Å². The number of hydrogen-bond donors (Lipinski definition) is 1. The summed E-state index contributed by atoms with van der Waals surface area (Å²) in [7, 11) is 0. The second kappa shape index (κ2) is 9.24. The van der Waals surface area contributed by atoms with Crippen molar-refractivity contribution < 1.29 is 9.53 Å². The van der Waals surface area contributed by atoms with E-state index in [0.717, 1.165) is 83.4 Å². The molecular formula is C24H31N5O2. The molecule has 3 saturated heterocycles. The Labute approximate surface area is 184 Å². The van der Waals surface area contributed by atoms with Gasteiger partial charge in [0, 0.05) is 57.4 Å². The number of carbonyl (C=O) groups is 1. The van der Waals surface area contributed by atoms with Crippen LogP contribution in [0.4, 0.5) is 17.2 Å². The molecule has 0 aliphatic carbocycles. The molecule has 1 unspecified atom stereocenters. The van der Waals surface area contributed by atoms with Crippen molar-refractivity contribution in [3.63, 3.8) is 0 Å².